The van der Waals surface area contributed by atoms with Gasteiger partial charge in [0.1, 0.15) is 5.75 Å². The first-order chi connectivity index (χ1) is 10.7. The standard InChI is InChI=1S/C17H17N3O2/c1-20(10-12-3-6-14(22-2)7-4-12)17(21)13-5-8-15-16(9-13)19-11-18-15/h3-9,11H,10H2,1-2H3,(H,18,19). The van der Waals surface area contributed by atoms with Gasteiger partial charge in [0.05, 0.1) is 24.5 Å². The number of imidazole rings is 1. The van der Waals surface area contributed by atoms with E-state index in [1.54, 1.807) is 31.5 Å². The van der Waals surface area contributed by atoms with Crippen molar-refractivity contribution < 1.29 is 9.53 Å². The lowest BCUT2D eigenvalue weighted by molar-refractivity contribution is 0.0785. The Hall–Kier alpha value is -2.82. The van der Waals surface area contributed by atoms with E-state index in [0.29, 0.717) is 12.1 Å². The van der Waals surface area contributed by atoms with Crippen molar-refractivity contribution >= 4 is 16.9 Å². The molecule has 0 spiro atoms. The Bertz CT molecular complexity index is 793. The van der Waals surface area contributed by atoms with Gasteiger partial charge in [0.2, 0.25) is 0 Å². The molecule has 0 saturated heterocycles. The summed E-state index contributed by atoms with van der Waals surface area (Å²) in [4.78, 5) is 21.4. The van der Waals surface area contributed by atoms with E-state index in [4.69, 9.17) is 4.74 Å². The second-order valence-electron chi connectivity index (χ2n) is 5.14. The molecule has 0 fully saturated rings. The van der Waals surface area contributed by atoms with Crippen molar-refractivity contribution in [1.29, 1.82) is 0 Å². The average Bonchev–Trinajstić information content (AvgIpc) is 3.02. The first-order valence-electron chi connectivity index (χ1n) is 6.99. The largest absolute Gasteiger partial charge is 0.497 e. The summed E-state index contributed by atoms with van der Waals surface area (Å²) in [5, 5.41) is 0. The minimum absolute atomic E-state index is 0.0210. The fraction of sp³-hybridized carbons (Fsp3) is 0.176. The molecule has 0 saturated carbocycles. The molecule has 22 heavy (non-hydrogen) atoms. The highest BCUT2D eigenvalue weighted by Crippen LogP contribution is 2.16. The van der Waals surface area contributed by atoms with E-state index in [-0.39, 0.29) is 5.91 Å². The van der Waals surface area contributed by atoms with Gasteiger partial charge in [-0.15, -0.1) is 0 Å². The third kappa shape index (κ3) is 2.79. The number of hydrogen-bond acceptors (Lipinski definition) is 3. The number of nitrogens with zero attached hydrogens (tertiary/aromatic N) is 2. The van der Waals surface area contributed by atoms with Gasteiger partial charge in [-0.2, -0.15) is 0 Å². The van der Waals surface area contributed by atoms with Crippen molar-refractivity contribution in [1.82, 2.24) is 14.9 Å². The minimum Gasteiger partial charge on any atom is -0.497 e. The smallest absolute Gasteiger partial charge is 0.253 e. The van der Waals surface area contributed by atoms with Crippen molar-refractivity contribution in [3.63, 3.8) is 0 Å². The van der Waals surface area contributed by atoms with Crippen LogP contribution in [0.5, 0.6) is 5.75 Å². The van der Waals surface area contributed by atoms with E-state index >= 15 is 0 Å². The summed E-state index contributed by atoms with van der Waals surface area (Å²) in [5.41, 5.74) is 3.42. The molecule has 2 aromatic carbocycles. The topological polar surface area (TPSA) is 58.2 Å². The van der Waals surface area contributed by atoms with E-state index in [9.17, 15) is 4.79 Å². The lowest BCUT2D eigenvalue weighted by atomic mass is 10.1. The number of hydrogen-bond donors (Lipinski definition) is 1. The van der Waals surface area contributed by atoms with E-state index in [1.165, 1.54) is 0 Å². The van der Waals surface area contributed by atoms with Crippen molar-refractivity contribution in [3.05, 3.63) is 59.9 Å². The monoisotopic (exact) mass is 295 g/mol. The van der Waals surface area contributed by atoms with Crippen molar-refractivity contribution in [3.8, 4) is 5.75 Å². The van der Waals surface area contributed by atoms with Gasteiger partial charge in [0, 0.05) is 19.2 Å². The molecule has 112 valence electrons. The Labute approximate surface area is 128 Å². The first kappa shape index (κ1) is 14.1. The van der Waals surface area contributed by atoms with E-state index in [2.05, 4.69) is 9.97 Å². The molecular formula is C17H17N3O2. The van der Waals surface area contributed by atoms with Crippen LogP contribution in [-0.2, 0) is 6.54 Å². The second-order valence-corrected chi connectivity index (χ2v) is 5.14. The summed E-state index contributed by atoms with van der Waals surface area (Å²) in [6, 6.07) is 13.2. The number of rotatable bonds is 4. The zero-order valence-electron chi connectivity index (χ0n) is 12.5. The predicted molar refractivity (Wildman–Crippen MR) is 84.9 cm³/mol. The van der Waals surface area contributed by atoms with Crippen molar-refractivity contribution in [2.24, 2.45) is 0 Å². The Morgan fingerprint density at radius 2 is 2.00 bits per heavy atom. The van der Waals surface area contributed by atoms with Gasteiger partial charge in [-0.1, -0.05) is 12.1 Å². The normalized spacial score (nSPS) is 10.6. The van der Waals surface area contributed by atoms with Crippen molar-refractivity contribution in [2.75, 3.05) is 14.2 Å². The SMILES string of the molecule is COc1ccc(CN(C)C(=O)c2ccc3nc[nH]c3c2)cc1. The molecule has 0 aliphatic heterocycles. The van der Waals surface area contributed by atoms with E-state index < -0.39 is 0 Å². The number of carbonyl (C=O) groups is 1. The molecule has 0 bridgehead atoms. The average molecular weight is 295 g/mol. The van der Waals surface area contributed by atoms with Gasteiger partial charge >= 0.3 is 0 Å². The summed E-state index contributed by atoms with van der Waals surface area (Å²) in [6.45, 7) is 0.545. The Balaban J connectivity index is 1.75. The van der Waals surface area contributed by atoms with Gasteiger partial charge in [-0.25, -0.2) is 4.98 Å². The summed E-state index contributed by atoms with van der Waals surface area (Å²) in [5.74, 6) is 0.787. The van der Waals surface area contributed by atoms with Gasteiger partial charge in [-0.05, 0) is 35.9 Å². The zero-order valence-corrected chi connectivity index (χ0v) is 12.5. The molecular weight excluding hydrogens is 278 g/mol. The number of carbonyl (C=O) groups excluding carboxylic acids is 1. The molecule has 0 aliphatic carbocycles. The third-order valence-electron chi connectivity index (χ3n) is 3.59. The summed E-state index contributed by atoms with van der Waals surface area (Å²) < 4.78 is 5.13. The maximum atomic E-state index is 12.5. The van der Waals surface area contributed by atoms with E-state index in [1.807, 2.05) is 36.4 Å². The molecule has 0 aliphatic rings. The molecule has 1 N–H and O–H groups in total. The number of ether oxygens (including phenoxy) is 1. The Morgan fingerprint density at radius 1 is 1.23 bits per heavy atom. The molecule has 0 radical (unpaired) electrons. The molecule has 5 heteroatoms. The number of aromatic nitrogens is 2. The number of aromatic amines is 1. The number of nitrogens with one attached hydrogen (secondary N) is 1. The van der Waals surface area contributed by atoms with Crippen LogP contribution >= 0.6 is 0 Å². The maximum absolute atomic E-state index is 12.5. The van der Waals surface area contributed by atoms with Crippen LogP contribution in [0.25, 0.3) is 11.0 Å². The van der Waals surface area contributed by atoms with Gasteiger partial charge in [-0.3, -0.25) is 4.79 Å². The number of H-pyrrole nitrogens is 1. The third-order valence-corrected chi connectivity index (χ3v) is 3.59. The van der Waals surface area contributed by atoms with Crippen LogP contribution in [0.3, 0.4) is 0 Å². The van der Waals surface area contributed by atoms with Crippen LogP contribution in [0, 0.1) is 0 Å². The van der Waals surface area contributed by atoms with Crippen LogP contribution in [0.2, 0.25) is 0 Å². The predicted octanol–water partition coefficient (Wildman–Crippen LogP) is 2.84. The summed E-state index contributed by atoms with van der Waals surface area (Å²) >= 11 is 0. The molecule has 3 aromatic rings. The zero-order chi connectivity index (χ0) is 15.5. The minimum atomic E-state index is -0.0210. The van der Waals surface area contributed by atoms with Crippen LogP contribution in [0.15, 0.2) is 48.8 Å². The highest BCUT2D eigenvalue weighted by molar-refractivity contribution is 5.97. The number of amides is 1. The molecule has 1 amide bonds. The van der Waals surface area contributed by atoms with Gasteiger partial charge in [0.15, 0.2) is 0 Å². The van der Waals surface area contributed by atoms with Crippen molar-refractivity contribution in [2.45, 2.75) is 6.54 Å². The highest BCUT2D eigenvalue weighted by Gasteiger charge is 2.13. The van der Waals surface area contributed by atoms with Gasteiger partial charge < -0.3 is 14.6 Å². The second kappa shape index (κ2) is 5.89. The Morgan fingerprint density at radius 3 is 2.73 bits per heavy atom. The fourth-order valence-corrected chi connectivity index (χ4v) is 2.37. The highest BCUT2D eigenvalue weighted by atomic mass is 16.5. The number of methoxy groups -OCH3 is 1. The molecule has 3 rings (SSSR count). The van der Waals surface area contributed by atoms with Crippen LogP contribution in [0.4, 0.5) is 0 Å². The number of benzene rings is 2. The van der Waals surface area contributed by atoms with E-state index in [0.717, 1.165) is 22.3 Å². The number of fused-ring (bicyclic) bond motifs is 1. The lowest BCUT2D eigenvalue weighted by Crippen LogP contribution is -2.26. The lowest BCUT2D eigenvalue weighted by Gasteiger charge is -2.17. The quantitative estimate of drug-likeness (QED) is 0.805. The molecule has 5 nitrogen and oxygen atoms in total. The van der Waals surface area contributed by atoms with Crippen LogP contribution in [-0.4, -0.2) is 34.9 Å². The summed E-state index contributed by atoms with van der Waals surface area (Å²) in [7, 11) is 3.43. The van der Waals surface area contributed by atoms with Crippen LogP contribution in [0.1, 0.15) is 15.9 Å². The first-order valence-corrected chi connectivity index (χ1v) is 6.99. The van der Waals surface area contributed by atoms with Crippen LogP contribution < -0.4 is 4.74 Å². The fourth-order valence-electron chi connectivity index (χ4n) is 2.37. The maximum Gasteiger partial charge on any atom is 0.253 e. The molecule has 1 heterocycles. The van der Waals surface area contributed by atoms with Gasteiger partial charge in [0.25, 0.3) is 5.91 Å². The Kier molecular flexibility index (Phi) is 3.78. The molecule has 1 aromatic heterocycles. The summed E-state index contributed by atoms with van der Waals surface area (Å²) in [6.07, 6.45) is 1.62. The molecule has 0 atom stereocenters. The molecule has 0 unspecified atom stereocenters.